The third-order valence-corrected chi connectivity index (χ3v) is 9.11. The molecule has 34 heavy (non-hydrogen) atoms. The van der Waals surface area contributed by atoms with Crippen molar-refractivity contribution in [3.8, 4) is 22.3 Å². The molecular weight excluding hydrogens is 439 g/mol. The van der Waals surface area contributed by atoms with E-state index < -0.39 is 7.28 Å². The van der Waals surface area contributed by atoms with Gasteiger partial charge in [-0.3, -0.25) is 0 Å². The molecule has 0 heterocycles. The third-order valence-electron chi connectivity index (χ3n) is 6.61. The van der Waals surface area contributed by atoms with E-state index in [-0.39, 0.29) is 11.5 Å². The van der Waals surface area contributed by atoms with E-state index in [0.717, 1.165) is 29.5 Å². The standard InChI is InChI=1S/C30H41O3P/c1-2-3-4-5-6-7-8-9-10-17-25-34(31,32,33)29-24-18-23-28(26-19-13-11-14-20-26)30(29)27-21-15-12-16-22-27/h11-16,18-24,31-33H,2-10,17,25H2,1H3. The van der Waals surface area contributed by atoms with Gasteiger partial charge in [0.25, 0.3) is 0 Å². The zero-order valence-corrected chi connectivity index (χ0v) is 21.5. The molecule has 0 saturated carbocycles. The van der Waals surface area contributed by atoms with Crippen LogP contribution in [-0.4, -0.2) is 20.8 Å². The quantitative estimate of drug-likeness (QED) is 0.163. The first-order valence-corrected chi connectivity index (χ1v) is 15.2. The molecule has 3 rings (SSSR count). The average molecular weight is 481 g/mol. The van der Waals surface area contributed by atoms with E-state index in [4.69, 9.17) is 0 Å². The van der Waals surface area contributed by atoms with Gasteiger partial charge in [-0.05, 0) is 0 Å². The van der Waals surface area contributed by atoms with Crippen molar-refractivity contribution < 1.29 is 14.7 Å². The Morgan fingerprint density at radius 2 is 1.03 bits per heavy atom. The zero-order chi connectivity index (χ0) is 24.3. The van der Waals surface area contributed by atoms with Crippen molar-refractivity contribution in [2.75, 3.05) is 6.16 Å². The van der Waals surface area contributed by atoms with Crippen LogP contribution in [0.15, 0.2) is 78.9 Å². The summed E-state index contributed by atoms with van der Waals surface area (Å²) in [6.45, 7) is 2.24. The minimum atomic E-state index is -5.05. The molecule has 0 saturated heterocycles. The van der Waals surface area contributed by atoms with Gasteiger partial charge < -0.3 is 0 Å². The van der Waals surface area contributed by atoms with Crippen LogP contribution in [0.1, 0.15) is 71.1 Å². The molecule has 0 aliphatic heterocycles. The fraction of sp³-hybridized carbons (Fsp3) is 0.400. The second-order valence-corrected chi connectivity index (χ2v) is 12.7. The number of rotatable bonds is 14. The van der Waals surface area contributed by atoms with Gasteiger partial charge in [0.15, 0.2) is 0 Å². The second-order valence-electron chi connectivity index (χ2n) is 9.49. The maximum atomic E-state index is 11.3. The molecule has 0 aliphatic rings. The van der Waals surface area contributed by atoms with E-state index in [1.807, 2.05) is 72.8 Å². The molecule has 0 aliphatic carbocycles. The first kappa shape index (κ1) is 26.6. The van der Waals surface area contributed by atoms with Crippen molar-refractivity contribution in [3.05, 3.63) is 78.9 Å². The first-order valence-electron chi connectivity index (χ1n) is 12.9. The van der Waals surface area contributed by atoms with Crippen molar-refractivity contribution in [1.82, 2.24) is 0 Å². The summed E-state index contributed by atoms with van der Waals surface area (Å²) in [4.78, 5) is 34.0. The summed E-state index contributed by atoms with van der Waals surface area (Å²) in [6.07, 6.45) is 11.5. The molecule has 0 bridgehead atoms. The van der Waals surface area contributed by atoms with Crippen molar-refractivity contribution in [2.24, 2.45) is 0 Å². The predicted octanol–water partition coefficient (Wildman–Crippen LogP) is 7.84. The zero-order valence-electron chi connectivity index (χ0n) is 20.6. The Hall–Kier alpha value is -2.03. The van der Waals surface area contributed by atoms with E-state index in [0.29, 0.717) is 12.0 Å². The van der Waals surface area contributed by atoms with Crippen LogP contribution in [0.2, 0.25) is 0 Å². The number of benzene rings is 3. The molecular formula is C30H41O3P. The maximum absolute atomic E-state index is 11.3. The summed E-state index contributed by atoms with van der Waals surface area (Å²) in [5.41, 5.74) is 3.44. The van der Waals surface area contributed by atoms with Gasteiger partial charge in [0, 0.05) is 0 Å². The molecule has 0 unspecified atom stereocenters. The molecule has 0 fully saturated rings. The fourth-order valence-corrected chi connectivity index (χ4v) is 6.85. The molecule has 0 amide bonds. The van der Waals surface area contributed by atoms with E-state index in [2.05, 4.69) is 6.92 Å². The minimum absolute atomic E-state index is 0.000175. The number of hydrogen-bond donors (Lipinski definition) is 3. The summed E-state index contributed by atoms with van der Waals surface area (Å²) < 4.78 is 0. The molecule has 0 aromatic heterocycles. The molecule has 3 N–H and O–H groups in total. The van der Waals surface area contributed by atoms with Gasteiger partial charge in [-0.1, -0.05) is 0 Å². The topological polar surface area (TPSA) is 60.7 Å². The third kappa shape index (κ3) is 7.48. The molecule has 3 aromatic rings. The van der Waals surface area contributed by atoms with E-state index in [1.54, 1.807) is 6.07 Å². The van der Waals surface area contributed by atoms with Crippen LogP contribution in [-0.2, 0) is 0 Å². The van der Waals surface area contributed by atoms with Crippen molar-refractivity contribution >= 4 is 12.6 Å². The fourth-order valence-electron chi connectivity index (χ4n) is 4.70. The molecule has 0 atom stereocenters. The van der Waals surface area contributed by atoms with Crippen LogP contribution in [0.25, 0.3) is 22.3 Å². The van der Waals surface area contributed by atoms with E-state index in [9.17, 15) is 14.7 Å². The summed E-state index contributed by atoms with van der Waals surface area (Å²) in [5, 5.41) is 0.259. The normalized spacial score (nSPS) is 12.9. The Bertz CT molecular complexity index is 994. The van der Waals surface area contributed by atoms with Gasteiger partial charge in [0.05, 0.1) is 0 Å². The molecule has 0 spiro atoms. The van der Waals surface area contributed by atoms with E-state index in [1.165, 1.54) is 44.9 Å². The summed E-state index contributed by atoms with van der Waals surface area (Å²) in [7, 11) is -5.05. The van der Waals surface area contributed by atoms with Gasteiger partial charge in [-0.2, -0.15) is 0 Å². The number of hydrogen-bond acceptors (Lipinski definition) is 3. The molecule has 184 valence electrons. The predicted molar refractivity (Wildman–Crippen MR) is 147 cm³/mol. The van der Waals surface area contributed by atoms with Crippen LogP contribution in [0.4, 0.5) is 0 Å². The molecule has 4 heteroatoms. The van der Waals surface area contributed by atoms with Crippen LogP contribution in [0.3, 0.4) is 0 Å². The van der Waals surface area contributed by atoms with Crippen molar-refractivity contribution in [2.45, 2.75) is 71.1 Å². The van der Waals surface area contributed by atoms with Gasteiger partial charge in [-0.15, -0.1) is 0 Å². The SMILES string of the molecule is CCCCCCCCCCCCP(O)(O)(O)c1cccc(-c2ccccc2)c1-c1ccccc1. The first-order chi connectivity index (χ1) is 16.4. The van der Waals surface area contributed by atoms with Crippen molar-refractivity contribution in [1.29, 1.82) is 0 Å². The monoisotopic (exact) mass is 480 g/mol. The van der Waals surface area contributed by atoms with Gasteiger partial charge in [0.2, 0.25) is 0 Å². The Labute approximate surface area is 205 Å². The summed E-state index contributed by atoms with van der Waals surface area (Å²) in [5.74, 6) is 0. The number of unbranched alkanes of at least 4 members (excludes halogenated alkanes) is 9. The Morgan fingerprint density at radius 3 is 1.59 bits per heavy atom. The Kier molecular flexibility index (Phi) is 9.85. The molecule has 0 radical (unpaired) electrons. The van der Waals surface area contributed by atoms with Gasteiger partial charge >= 0.3 is 206 Å². The Balaban J connectivity index is 1.74. The van der Waals surface area contributed by atoms with Gasteiger partial charge in [0.1, 0.15) is 0 Å². The Morgan fingerprint density at radius 1 is 0.529 bits per heavy atom. The molecule has 3 nitrogen and oxygen atoms in total. The van der Waals surface area contributed by atoms with Crippen LogP contribution >= 0.6 is 7.28 Å². The second kappa shape index (κ2) is 12.6. The van der Waals surface area contributed by atoms with Crippen LogP contribution < -0.4 is 5.30 Å². The van der Waals surface area contributed by atoms with Crippen LogP contribution in [0.5, 0.6) is 0 Å². The van der Waals surface area contributed by atoms with Crippen LogP contribution in [0, 0.1) is 0 Å². The van der Waals surface area contributed by atoms with Gasteiger partial charge in [-0.25, -0.2) is 0 Å². The summed E-state index contributed by atoms with van der Waals surface area (Å²) >= 11 is 0. The summed E-state index contributed by atoms with van der Waals surface area (Å²) in [6, 6.07) is 25.1. The molecule has 3 aromatic carbocycles. The average Bonchev–Trinajstić information content (AvgIpc) is 2.85. The van der Waals surface area contributed by atoms with E-state index >= 15 is 0 Å². The van der Waals surface area contributed by atoms with Crippen molar-refractivity contribution in [3.63, 3.8) is 0 Å².